The third-order valence-electron chi connectivity index (χ3n) is 10.2. The first kappa shape index (κ1) is 29.0. The van der Waals surface area contributed by atoms with E-state index in [1.165, 1.54) is 18.2 Å². The van der Waals surface area contributed by atoms with E-state index in [0.29, 0.717) is 37.3 Å². The van der Waals surface area contributed by atoms with Crippen LogP contribution in [-0.2, 0) is 0 Å². The van der Waals surface area contributed by atoms with Crippen molar-refractivity contribution in [3.8, 4) is 22.9 Å². The van der Waals surface area contributed by atoms with Crippen LogP contribution >= 0.6 is 11.6 Å². The van der Waals surface area contributed by atoms with E-state index in [4.69, 9.17) is 21.3 Å². The molecule has 8 rings (SSSR count). The van der Waals surface area contributed by atoms with Crippen molar-refractivity contribution in [3.63, 3.8) is 0 Å². The fourth-order valence-corrected chi connectivity index (χ4v) is 8.52. The summed E-state index contributed by atoms with van der Waals surface area (Å²) in [5.74, 6) is -2.63. The highest BCUT2D eigenvalue weighted by molar-refractivity contribution is 6.37. The normalized spacial score (nSPS) is 28.0. The zero-order valence-electron chi connectivity index (χ0n) is 24.6. The van der Waals surface area contributed by atoms with Crippen molar-refractivity contribution in [2.45, 2.75) is 62.3 Å². The lowest BCUT2D eigenvalue weighted by molar-refractivity contribution is 0.107. The van der Waals surface area contributed by atoms with E-state index < -0.39 is 34.7 Å². The lowest BCUT2D eigenvalue weighted by atomic mass is 9.95. The van der Waals surface area contributed by atoms with Crippen molar-refractivity contribution in [3.05, 3.63) is 52.8 Å². The second-order valence-electron chi connectivity index (χ2n) is 13.4. The highest BCUT2D eigenvalue weighted by Gasteiger charge is 2.49. The van der Waals surface area contributed by atoms with Gasteiger partial charge in [-0.15, -0.1) is 0 Å². The molecule has 0 aliphatic carbocycles. The number of phenols is 1. The molecule has 2 N–H and O–H groups in total. The third-order valence-corrected chi connectivity index (χ3v) is 10.6. The average molecular weight is 642 g/mol. The van der Waals surface area contributed by atoms with Crippen molar-refractivity contribution in [1.29, 1.82) is 0 Å². The molecule has 4 atom stereocenters. The number of anilines is 1. The molecule has 2 bridgehead atoms. The van der Waals surface area contributed by atoms with E-state index in [2.05, 4.69) is 22.1 Å². The van der Waals surface area contributed by atoms with E-state index in [1.807, 2.05) is 4.90 Å². The Morgan fingerprint density at radius 1 is 1.11 bits per heavy atom. The summed E-state index contributed by atoms with van der Waals surface area (Å²) in [7, 11) is 0. The Hall–Kier alpha value is -3.41. The van der Waals surface area contributed by atoms with Gasteiger partial charge in [0.05, 0.1) is 16.1 Å². The predicted molar refractivity (Wildman–Crippen MR) is 164 cm³/mol. The number of fused-ring (bicyclic) bond motifs is 5. The summed E-state index contributed by atoms with van der Waals surface area (Å²) in [5, 5.41) is 14.3. The zero-order valence-corrected chi connectivity index (χ0v) is 25.4. The molecule has 0 saturated carbocycles. The molecule has 4 saturated heterocycles. The largest absolute Gasteiger partial charge is 0.508 e. The van der Waals surface area contributed by atoms with Crippen molar-refractivity contribution >= 4 is 39.1 Å². The molecule has 0 radical (unpaired) electrons. The summed E-state index contributed by atoms with van der Waals surface area (Å²) in [6.45, 7) is 4.55. The number of hydrogen-bond donors (Lipinski definition) is 2. The number of nitrogens with one attached hydrogen (secondary N) is 1. The predicted octanol–water partition coefficient (Wildman–Crippen LogP) is 6.51. The molecular weight excluding hydrogens is 610 g/mol. The number of nitrogens with zero attached hydrogens (tertiary/aromatic N) is 4. The lowest BCUT2D eigenvalue weighted by Gasteiger charge is -2.40. The minimum atomic E-state index is -1.01. The number of aromatic hydroxyl groups is 1. The van der Waals surface area contributed by atoms with Crippen molar-refractivity contribution in [2.75, 3.05) is 37.7 Å². The fraction of sp³-hybridized carbons (Fsp3) is 0.455. The Kier molecular flexibility index (Phi) is 6.64. The molecule has 0 amide bonds. The van der Waals surface area contributed by atoms with Gasteiger partial charge in [-0.05, 0) is 68.8 Å². The molecule has 45 heavy (non-hydrogen) atoms. The van der Waals surface area contributed by atoms with Gasteiger partial charge in [0, 0.05) is 54.0 Å². The summed E-state index contributed by atoms with van der Waals surface area (Å²) >= 11 is 6.32. The minimum Gasteiger partial charge on any atom is -0.508 e. The first-order valence-corrected chi connectivity index (χ1v) is 15.8. The van der Waals surface area contributed by atoms with Gasteiger partial charge < -0.3 is 20.1 Å². The second kappa shape index (κ2) is 10.3. The lowest BCUT2D eigenvalue weighted by Crippen LogP contribution is -2.58. The summed E-state index contributed by atoms with van der Waals surface area (Å²) in [5.41, 5.74) is -1.46. The van der Waals surface area contributed by atoms with Gasteiger partial charge in [0.1, 0.15) is 41.5 Å². The number of phenolic OH excluding ortho intramolecular Hbond substituents is 1. The van der Waals surface area contributed by atoms with E-state index in [1.54, 1.807) is 0 Å². The molecule has 0 spiro atoms. The van der Waals surface area contributed by atoms with Crippen LogP contribution in [0.25, 0.3) is 32.8 Å². The molecule has 0 unspecified atom stereocenters. The Morgan fingerprint density at radius 2 is 1.96 bits per heavy atom. The van der Waals surface area contributed by atoms with Gasteiger partial charge in [-0.25, -0.2) is 17.6 Å². The van der Waals surface area contributed by atoms with Gasteiger partial charge in [0.2, 0.25) is 0 Å². The van der Waals surface area contributed by atoms with E-state index in [9.17, 15) is 13.9 Å². The van der Waals surface area contributed by atoms with Gasteiger partial charge in [-0.1, -0.05) is 17.7 Å². The monoisotopic (exact) mass is 641 g/mol. The van der Waals surface area contributed by atoms with E-state index in [-0.39, 0.29) is 56.8 Å². The average Bonchev–Trinajstić information content (AvgIpc) is 3.61. The molecule has 4 aliphatic rings. The van der Waals surface area contributed by atoms with Crippen molar-refractivity contribution < 1.29 is 27.4 Å². The molecular formula is C33H32ClF4N5O2. The smallest absolute Gasteiger partial charge is 0.319 e. The number of ether oxygens (including phenoxy) is 1. The molecule has 3 aromatic carbocycles. The van der Waals surface area contributed by atoms with E-state index >= 15 is 8.78 Å². The Balaban J connectivity index is 1.30. The fourth-order valence-electron chi connectivity index (χ4n) is 8.24. The first-order chi connectivity index (χ1) is 21.5. The van der Waals surface area contributed by atoms with E-state index in [0.717, 1.165) is 44.4 Å². The summed E-state index contributed by atoms with van der Waals surface area (Å²) in [4.78, 5) is 13.3. The molecule has 4 aromatic rings. The van der Waals surface area contributed by atoms with Crippen LogP contribution in [0.15, 0.2) is 30.3 Å². The molecule has 236 valence electrons. The molecule has 1 aromatic heterocycles. The summed E-state index contributed by atoms with van der Waals surface area (Å²) < 4.78 is 68.2. The molecule has 5 heterocycles. The van der Waals surface area contributed by atoms with Crippen LogP contribution in [0.5, 0.6) is 11.8 Å². The van der Waals surface area contributed by atoms with Crippen molar-refractivity contribution in [2.24, 2.45) is 0 Å². The molecule has 12 heteroatoms. The summed E-state index contributed by atoms with van der Waals surface area (Å²) in [6, 6.07) is 6.32. The number of aromatic nitrogens is 2. The van der Waals surface area contributed by atoms with Gasteiger partial charge in [0.25, 0.3) is 0 Å². The maximum atomic E-state index is 16.8. The number of alkyl halides is 1. The van der Waals surface area contributed by atoms with Crippen molar-refractivity contribution in [1.82, 2.24) is 20.2 Å². The highest BCUT2D eigenvalue weighted by Crippen LogP contribution is 2.44. The maximum absolute atomic E-state index is 16.8. The Morgan fingerprint density at radius 3 is 2.78 bits per heavy atom. The standard InChI is InChI=1S/C33H32ClF4N5O2/c1-32-7-5-19(41-32)14-42(15-32)30-22-11-24(37)26(21-10-20(44)9-17-3-4-23(36)27(34)25(17)21)28(38)29(22)39-31(40-30)45-16-33-6-2-8-43(33)13-18(35)12-33/h3-4,9-11,18-19,41,44H,2,5-8,12-16H2,1H3/t18-,19-,32+,33+/m1/s1. The topological polar surface area (TPSA) is 73.8 Å². The molecule has 4 aliphatic heterocycles. The van der Waals surface area contributed by atoms with Crippen LogP contribution in [0.2, 0.25) is 5.02 Å². The summed E-state index contributed by atoms with van der Waals surface area (Å²) in [6.07, 6.45) is 3.03. The second-order valence-corrected chi connectivity index (χ2v) is 13.8. The van der Waals surface area contributed by atoms with Crippen LogP contribution in [0, 0.1) is 17.5 Å². The SMILES string of the molecule is C[C@]12CC[C@H](CN(c3nc(OC[C@@]45CCCN4C[C@H](F)C5)nc4c(F)c(-c5cc(O)cc6ccc(F)c(Cl)c56)c(F)cc34)C1)N2. The van der Waals surface area contributed by atoms with Gasteiger partial charge in [0.15, 0.2) is 5.82 Å². The Bertz CT molecular complexity index is 1880. The van der Waals surface area contributed by atoms with Gasteiger partial charge >= 0.3 is 6.01 Å². The number of halogens is 5. The van der Waals surface area contributed by atoms with Crippen LogP contribution in [0.4, 0.5) is 23.4 Å². The number of hydrogen-bond acceptors (Lipinski definition) is 7. The maximum Gasteiger partial charge on any atom is 0.319 e. The Labute approximate surface area is 262 Å². The van der Waals surface area contributed by atoms with Crippen LogP contribution in [0.1, 0.15) is 39.0 Å². The quantitative estimate of drug-likeness (QED) is 0.241. The number of benzene rings is 3. The number of rotatable bonds is 5. The van der Waals surface area contributed by atoms with Crippen LogP contribution in [0.3, 0.4) is 0 Å². The van der Waals surface area contributed by atoms with Crippen LogP contribution < -0.4 is 15.0 Å². The molecule has 7 nitrogen and oxygen atoms in total. The van der Waals surface area contributed by atoms with Gasteiger partial charge in [-0.3, -0.25) is 4.90 Å². The van der Waals surface area contributed by atoms with Crippen LogP contribution in [-0.4, -0.2) is 76.1 Å². The highest BCUT2D eigenvalue weighted by atomic mass is 35.5. The van der Waals surface area contributed by atoms with Gasteiger partial charge in [-0.2, -0.15) is 9.97 Å². The first-order valence-electron chi connectivity index (χ1n) is 15.4. The third kappa shape index (κ3) is 4.68. The molecule has 4 fully saturated rings. The number of piperazine rings is 1. The minimum absolute atomic E-state index is 0.0615. The zero-order chi connectivity index (χ0) is 31.2.